The molecule has 1 aromatic carbocycles. The van der Waals surface area contributed by atoms with Gasteiger partial charge in [-0.1, -0.05) is 0 Å². The minimum Gasteiger partial charge on any atom is -0.490 e. The highest BCUT2D eigenvalue weighted by Gasteiger charge is 2.22. The van der Waals surface area contributed by atoms with E-state index in [0.29, 0.717) is 5.75 Å². The Kier molecular flexibility index (Phi) is 4.21. The molecule has 1 saturated carbocycles. The predicted octanol–water partition coefficient (Wildman–Crippen LogP) is 2.25. The molecule has 1 fully saturated rings. The van der Waals surface area contributed by atoms with E-state index in [0.717, 1.165) is 25.7 Å². The molecule has 2 N–H and O–H groups in total. The standard InChI is InChI=1S/C13H18N2O4/c1-18-13-8-11(5-6-12(13)15(16)17)19-10-4-2-3-9(14)7-10/h5-6,8-10H,2-4,7,14H2,1H3. The summed E-state index contributed by atoms with van der Waals surface area (Å²) in [6, 6.07) is 4.73. The van der Waals surface area contributed by atoms with Crippen molar-refractivity contribution >= 4 is 5.69 Å². The highest BCUT2D eigenvalue weighted by molar-refractivity contribution is 5.50. The second-order valence-electron chi connectivity index (χ2n) is 4.76. The zero-order valence-corrected chi connectivity index (χ0v) is 10.9. The molecule has 0 spiro atoms. The van der Waals surface area contributed by atoms with E-state index < -0.39 is 4.92 Å². The van der Waals surface area contributed by atoms with Crippen LogP contribution < -0.4 is 15.2 Å². The number of rotatable bonds is 4. The molecule has 2 rings (SSSR count). The summed E-state index contributed by atoms with van der Waals surface area (Å²) >= 11 is 0. The second-order valence-corrected chi connectivity index (χ2v) is 4.76. The lowest BCUT2D eigenvalue weighted by Gasteiger charge is -2.27. The molecule has 0 heterocycles. The molecule has 104 valence electrons. The van der Waals surface area contributed by atoms with Crippen LogP contribution in [0.3, 0.4) is 0 Å². The molecule has 0 amide bonds. The lowest BCUT2D eigenvalue weighted by Crippen LogP contribution is -2.33. The van der Waals surface area contributed by atoms with E-state index in [4.69, 9.17) is 15.2 Å². The van der Waals surface area contributed by atoms with Gasteiger partial charge in [-0.2, -0.15) is 0 Å². The fourth-order valence-electron chi connectivity index (χ4n) is 2.36. The van der Waals surface area contributed by atoms with Gasteiger partial charge in [0.1, 0.15) is 11.9 Å². The summed E-state index contributed by atoms with van der Waals surface area (Å²) in [6.07, 6.45) is 3.95. The number of ether oxygens (including phenoxy) is 2. The SMILES string of the molecule is COc1cc(OC2CCCC(N)C2)ccc1[N+](=O)[O-]. The third kappa shape index (κ3) is 3.35. The summed E-state index contributed by atoms with van der Waals surface area (Å²) in [5.41, 5.74) is 5.84. The van der Waals surface area contributed by atoms with Gasteiger partial charge in [0, 0.05) is 18.2 Å². The van der Waals surface area contributed by atoms with Gasteiger partial charge in [0.05, 0.1) is 12.0 Å². The van der Waals surface area contributed by atoms with Crippen molar-refractivity contribution in [3.8, 4) is 11.5 Å². The molecule has 0 saturated heterocycles. The number of methoxy groups -OCH3 is 1. The summed E-state index contributed by atoms with van der Waals surface area (Å²) in [4.78, 5) is 10.3. The first kappa shape index (κ1) is 13.6. The van der Waals surface area contributed by atoms with Crippen molar-refractivity contribution in [1.82, 2.24) is 0 Å². The molecule has 6 heteroatoms. The molecule has 0 bridgehead atoms. The Morgan fingerprint density at radius 3 is 2.84 bits per heavy atom. The smallest absolute Gasteiger partial charge is 0.311 e. The van der Waals surface area contributed by atoms with E-state index in [9.17, 15) is 10.1 Å². The lowest BCUT2D eigenvalue weighted by molar-refractivity contribution is -0.385. The molecular formula is C13H18N2O4. The molecule has 0 aromatic heterocycles. The van der Waals surface area contributed by atoms with E-state index in [2.05, 4.69) is 0 Å². The van der Waals surface area contributed by atoms with Gasteiger partial charge in [-0.05, 0) is 31.7 Å². The number of nitro groups is 1. The molecule has 1 aliphatic rings. The Bertz CT molecular complexity index is 464. The maximum atomic E-state index is 10.8. The average Bonchev–Trinajstić information content (AvgIpc) is 2.38. The molecule has 1 aromatic rings. The first-order valence-electron chi connectivity index (χ1n) is 6.35. The van der Waals surface area contributed by atoms with Crippen molar-refractivity contribution in [2.24, 2.45) is 5.73 Å². The van der Waals surface area contributed by atoms with Crippen molar-refractivity contribution in [2.75, 3.05) is 7.11 Å². The van der Waals surface area contributed by atoms with Crippen LogP contribution in [0.2, 0.25) is 0 Å². The predicted molar refractivity (Wildman–Crippen MR) is 70.5 cm³/mol. The van der Waals surface area contributed by atoms with Gasteiger partial charge in [-0.15, -0.1) is 0 Å². The highest BCUT2D eigenvalue weighted by atomic mass is 16.6. The maximum absolute atomic E-state index is 10.8. The van der Waals surface area contributed by atoms with Gasteiger partial charge < -0.3 is 15.2 Å². The van der Waals surface area contributed by atoms with Gasteiger partial charge in [0.25, 0.3) is 0 Å². The molecule has 0 aliphatic heterocycles. The number of hydrogen-bond donors (Lipinski definition) is 1. The van der Waals surface area contributed by atoms with Gasteiger partial charge in [0.2, 0.25) is 5.75 Å². The molecule has 2 atom stereocenters. The van der Waals surface area contributed by atoms with Crippen LogP contribution in [0.5, 0.6) is 11.5 Å². The van der Waals surface area contributed by atoms with Gasteiger partial charge in [-0.3, -0.25) is 10.1 Å². The number of hydrogen-bond acceptors (Lipinski definition) is 5. The number of nitrogens with zero attached hydrogens (tertiary/aromatic N) is 1. The fraction of sp³-hybridized carbons (Fsp3) is 0.538. The van der Waals surface area contributed by atoms with Crippen molar-refractivity contribution < 1.29 is 14.4 Å². The Morgan fingerprint density at radius 1 is 1.42 bits per heavy atom. The minimum atomic E-state index is -0.473. The van der Waals surface area contributed by atoms with Crippen LogP contribution >= 0.6 is 0 Å². The number of nitro benzene ring substituents is 1. The maximum Gasteiger partial charge on any atom is 0.311 e. The first-order valence-corrected chi connectivity index (χ1v) is 6.35. The summed E-state index contributed by atoms with van der Waals surface area (Å²) in [5.74, 6) is 0.796. The summed E-state index contributed by atoms with van der Waals surface area (Å²) < 4.78 is 10.8. The molecular weight excluding hydrogens is 248 g/mol. The quantitative estimate of drug-likeness (QED) is 0.667. The monoisotopic (exact) mass is 266 g/mol. The average molecular weight is 266 g/mol. The highest BCUT2D eigenvalue weighted by Crippen LogP contribution is 2.32. The molecule has 0 radical (unpaired) electrons. The first-order chi connectivity index (χ1) is 9.10. The molecule has 19 heavy (non-hydrogen) atoms. The van der Waals surface area contributed by atoms with E-state index in [1.165, 1.54) is 13.2 Å². The van der Waals surface area contributed by atoms with Gasteiger partial charge in [-0.25, -0.2) is 0 Å². The lowest BCUT2D eigenvalue weighted by atomic mass is 9.93. The van der Waals surface area contributed by atoms with Crippen molar-refractivity contribution in [3.05, 3.63) is 28.3 Å². The van der Waals surface area contributed by atoms with Gasteiger partial charge >= 0.3 is 5.69 Å². The van der Waals surface area contributed by atoms with Crippen LogP contribution in [0, 0.1) is 10.1 Å². The largest absolute Gasteiger partial charge is 0.490 e. The van der Waals surface area contributed by atoms with Crippen molar-refractivity contribution in [1.29, 1.82) is 0 Å². The van der Waals surface area contributed by atoms with Crippen molar-refractivity contribution in [3.63, 3.8) is 0 Å². The summed E-state index contributed by atoms with van der Waals surface area (Å²) in [5, 5.41) is 10.8. The Labute approximate surface area is 111 Å². The molecule has 1 aliphatic carbocycles. The molecule has 6 nitrogen and oxygen atoms in total. The topological polar surface area (TPSA) is 87.6 Å². The summed E-state index contributed by atoms with van der Waals surface area (Å²) in [6.45, 7) is 0. The minimum absolute atomic E-state index is 0.0600. The Hall–Kier alpha value is -1.82. The van der Waals surface area contributed by atoms with Crippen LogP contribution in [-0.4, -0.2) is 24.2 Å². The Balaban J connectivity index is 2.10. The summed E-state index contributed by atoms with van der Waals surface area (Å²) in [7, 11) is 1.41. The number of nitrogens with two attached hydrogens (primary N) is 1. The van der Waals surface area contributed by atoms with Crippen LogP contribution in [-0.2, 0) is 0 Å². The van der Waals surface area contributed by atoms with Crippen LogP contribution in [0.25, 0.3) is 0 Å². The van der Waals surface area contributed by atoms with E-state index in [-0.39, 0.29) is 23.6 Å². The second kappa shape index (κ2) is 5.88. The third-order valence-electron chi connectivity index (χ3n) is 3.32. The third-order valence-corrected chi connectivity index (χ3v) is 3.32. The number of benzene rings is 1. The van der Waals surface area contributed by atoms with Crippen molar-refractivity contribution in [2.45, 2.75) is 37.8 Å². The van der Waals surface area contributed by atoms with Gasteiger partial charge in [0.15, 0.2) is 0 Å². The Morgan fingerprint density at radius 2 is 2.21 bits per heavy atom. The van der Waals surface area contributed by atoms with Crippen LogP contribution in [0.15, 0.2) is 18.2 Å². The van der Waals surface area contributed by atoms with E-state index >= 15 is 0 Å². The molecule has 2 unspecified atom stereocenters. The fourth-order valence-corrected chi connectivity index (χ4v) is 2.36. The van der Waals surface area contributed by atoms with Crippen LogP contribution in [0.1, 0.15) is 25.7 Å². The van der Waals surface area contributed by atoms with E-state index in [1.807, 2.05) is 0 Å². The van der Waals surface area contributed by atoms with E-state index in [1.54, 1.807) is 12.1 Å². The zero-order valence-electron chi connectivity index (χ0n) is 10.9. The zero-order chi connectivity index (χ0) is 13.8. The normalized spacial score (nSPS) is 22.8. The van der Waals surface area contributed by atoms with Crippen LogP contribution in [0.4, 0.5) is 5.69 Å².